The van der Waals surface area contributed by atoms with Crippen molar-refractivity contribution in [1.29, 1.82) is 0 Å². The van der Waals surface area contributed by atoms with Gasteiger partial charge in [-0.1, -0.05) is 0 Å². The third-order valence-electron chi connectivity index (χ3n) is 3.51. The molecule has 1 aliphatic heterocycles. The molecule has 11 heteroatoms. The number of nitrogens with one attached hydrogen (secondary N) is 1. The molecule has 2 aromatic rings. The summed E-state index contributed by atoms with van der Waals surface area (Å²) >= 11 is 1.52. The number of carboxylic acids is 1. The van der Waals surface area contributed by atoms with E-state index in [-0.39, 0.29) is 17.5 Å². The molecule has 0 saturated carbocycles. The Bertz CT molecular complexity index is 846. The predicted molar refractivity (Wildman–Crippen MR) is 84.1 cm³/mol. The number of aliphatic carboxylic acids is 1. The molecular formula is C14H14F3N3O4S. The van der Waals surface area contributed by atoms with Crippen LogP contribution in [0, 0.1) is 0 Å². The van der Waals surface area contributed by atoms with E-state index < -0.39 is 12.1 Å². The topological polar surface area (TPSA) is 116 Å². The van der Waals surface area contributed by atoms with Crippen LogP contribution in [0.15, 0.2) is 22.4 Å². The lowest BCUT2D eigenvalue weighted by Crippen LogP contribution is -2.33. The van der Waals surface area contributed by atoms with Crippen molar-refractivity contribution in [3.8, 4) is 0 Å². The average molecular weight is 377 g/mol. The number of aromatic nitrogens is 1. The number of nitrogens with zero attached hydrogens (tertiary/aromatic N) is 1. The van der Waals surface area contributed by atoms with Crippen LogP contribution < -0.4 is 11.3 Å². The number of aromatic amines is 1. The number of hydrogen-bond acceptors (Lipinski definition) is 5. The summed E-state index contributed by atoms with van der Waals surface area (Å²) in [7, 11) is 0. The van der Waals surface area contributed by atoms with Gasteiger partial charge in [-0.15, -0.1) is 11.3 Å². The van der Waals surface area contributed by atoms with Crippen molar-refractivity contribution < 1.29 is 27.9 Å². The zero-order chi connectivity index (χ0) is 18.8. The molecule has 0 aliphatic carbocycles. The second-order valence-corrected chi connectivity index (χ2v) is 6.18. The summed E-state index contributed by atoms with van der Waals surface area (Å²) in [5.41, 5.74) is 6.49. The summed E-state index contributed by atoms with van der Waals surface area (Å²) in [6.45, 7) is 1.14. The molecule has 4 N–H and O–H groups in total. The molecule has 25 heavy (non-hydrogen) atoms. The van der Waals surface area contributed by atoms with Crippen LogP contribution in [0.5, 0.6) is 0 Å². The number of pyridine rings is 1. The van der Waals surface area contributed by atoms with Crippen LogP contribution in [0.3, 0.4) is 0 Å². The number of carboxylic acid groups (broad SMARTS) is 1. The first kappa shape index (κ1) is 18.9. The van der Waals surface area contributed by atoms with Crippen LogP contribution in [0.1, 0.15) is 12.0 Å². The van der Waals surface area contributed by atoms with Crippen molar-refractivity contribution >= 4 is 33.3 Å². The van der Waals surface area contributed by atoms with Gasteiger partial charge in [0.1, 0.15) is 0 Å². The molecule has 0 radical (unpaired) electrons. The maximum atomic E-state index is 11.8. The second-order valence-electron chi connectivity index (χ2n) is 5.26. The van der Waals surface area contributed by atoms with Crippen molar-refractivity contribution in [1.82, 2.24) is 9.88 Å². The van der Waals surface area contributed by atoms with Gasteiger partial charge in [0.05, 0.1) is 11.4 Å². The van der Waals surface area contributed by atoms with Crippen LogP contribution >= 0.6 is 11.3 Å². The number of likely N-dealkylation sites (tertiary alicyclic amines) is 1. The molecule has 1 aliphatic rings. The van der Waals surface area contributed by atoms with Gasteiger partial charge in [0.15, 0.2) is 0 Å². The van der Waals surface area contributed by atoms with E-state index in [1.807, 2.05) is 11.4 Å². The van der Waals surface area contributed by atoms with Crippen molar-refractivity contribution in [3.63, 3.8) is 0 Å². The Morgan fingerprint density at radius 3 is 2.60 bits per heavy atom. The van der Waals surface area contributed by atoms with Crippen molar-refractivity contribution in [3.05, 3.63) is 33.6 Å². The van der Waals surface area contributed by atoms with E-state index in [0.29, 0.717) is 24.9 Å². The smallest absolute Gasteiger partial charge is 0.475 e. The summed E-state index contributed by atoms with van der Waals surface area (Å²) in [4.78, 5) is 36.9. The molecule has 7 nitrogen and oxygen atoms in total. The Hall–Kier alpha value is -2.40. The first-order valence-corrected chi connectivity index (χ1v) is 7.91. The molecule has 1 unspecified atom stereocenters. The molecule has 0 bridgehead atoms. The quantitative estimate of drug-likeness (QED) is 0.729. The number of rotatable bonds is 2. The van der Waals surface area contributed by atoms with Gasteiger partial charge in [-0.2, -0.15) is 13.2 Å². The number of halogens is 3. The summed E-state index contributed by atoms with van der Waals surface area (Å²) in [6, 6.07) is 1.50. The van der Waals surface area contributed by atoms with Gasteiger partial charge >= 0.3 is 12.1 Å². The minimum Gasteiger partial charge on any atom is -0.475 e. The fraction of sp³-hybridized carbons (Fsp3) is 0.357. The van der Waals surface area contributed by atoms with Crippen LogP contribution in [0.4, 0.5) is 13.2 Å². The lowest BCUT2D eigenvalue weighted by atomic mass is 10.2. The van der Waals surface area contributed by atoms with Gasteiger partial charge in [-0.05, 0) is 23.4 Å². The Morgan fingerprint density at radius 1 is 1.44 bits per heavy atom. The minimum atomic E-state index is -5.08. The van der Waals surface area contributed by atoms with Gasteiger partial charge in [0, 0.05) is 24.0 Å². The normalized spacial score (nSPS) is 17.5. The predicted octanol–water partition coefficient (Wildman–Crippen LogP) is 1.28. The summed E-state index contributed by atoms with van der Waals surface area (Å²) in [5, 5.41) is 9.76. The lowest BCUT2D eigenvalue weighted by Gasteiger charge is -2.15. The molecule has 1 atom stereocenters. The Kier molecular flexibility index (Phi) is 5.48. The highest BCUT2D eigenvalue weighted by molar-refractivity contribution is 7.17. The minimum absolute atomic E-state index is 0.0262. The number of amides is 1. The average Bonchev–Trinajstić information content (AvgIpc) is 3.07. The van der Waals surface area contributed by atoms with Crippen LogP contribution in [-0.4, -0.2) is 45.6 Å². The van der Waals surface area contributed by atoms with Crippen molar-refractivity contribution in [2.45, 2.75) is 25.2 Å². The molecule has 0 spiro atoms. The van der Waals surface area contributed by atoms with Crippen LogP contribution in [0.25, 0.3) is 10.1 Å². The van der Waals surface area contributed by atoms with E-state index in [0.717, 1.165) is 10.3 Å². The molecule has 1 amide bonds. The molecular weight excluding hydrogens is 363 g/mol. The fourth-order valence-electron chi connectivity index (χ4n) is 2.30. The maximum absolute atomic E-state index is 11.8. The monoisotopic (exact) mass is 377 g/mol. The van der Waals surface area contributed by atoms with Crippen LogP contribution in [-0.2, 0) is 16.1 Å². The van der Waals surface area contributed by atoms with E-state index in [1.54, 1.807) is 11.1 Å². The maximum Gasteiger partial charge on any atom is 0.490 e. The number of nitrogens with two attached hydrogens (primary N) is 1. The standard InChI is InChI=1S/C12H13N3O2S.C2HF3O2/c13-8-2-4-15(12(8)17)5-7-6-18-9-1-3-14-11(16)10(7)9;3-2(4,5)1(6)7/h1,3,6,8H,2,4-5,13H2,(H,14,16);(H,6,7). The highest BCUT2D eigenvalue weighted by Gasteiger charge is 2.38. The van der Waals surface area contributed by atoms with Crippen LogP contribution in [0.2, 0.25) is 0 Å². The third-order valence-corrected chi connectivity index (χ3v) is 4.51. The first-order valence-electron chi connectivity index (χ1n) is 7.03. The molecule has 2 aromatic heterocycles. The van der Waals surface area contributed by atoms with E-state index in [4.69, 9.17) is 15.6 Å². The molecule has 1 fully saturated rings. The number of alkyl halides is 3. The fourth-order valence-corrected chi connectivity index (χ4v) is 3.25. The summed E-state index contributed by atoms with van der Waals surface area (Å²) in [6.07, 6.45) is -2.75. The molecule has 1 saturated heterocycles. The summed E-state index contributed by atoms with van der Waals surface area (Å²) in [5.74, 6) is -2.78. The number of carbonyl (C=O) groups is 2. The van der Waals surface area contributed by atoms with Crippen molar-refractivity contribution in [2.24, 2.45) is 5.73 Å². The van der Waals surface area contributed by atoms with Gasteiger partial charge in [-0.25, -0.2) is 4.79 Å². The zero-order valence-electron chi connectivity index (χ0n) is 12.7. The van der Waals surface area contributed by atoms with E-state index in [9.17, 15) is 22.8 Å². The van der Waals surface area contributed by atoms with Gasteiger partial charge in [0.2, 0.25) is 5.91 Å². The Balaban J connectivity index is 0.000000277. The number of H-pyrrole nitrogens is 1. The highest BCUT2D eigenvalue weighted by atomic mass is 32.1. The summed E-state index contributed by atoms with van der Waals surface area (Å²) < 4.78 is 32.7. The van der Waals surface area contributed by atoms with Gasteiger partial charge in [-0.3, -0.25) is 9.59 Å². The van der Waals surface area contributed by atoms with E-state index >= 15 is 0 Å². The number of thiophene rings is 1. The highest BCUT2D eigenvalue weighted by Crippen LogP contribution is 2.24. The first-order chi connectivity index (χ1) is 11.6. The molecule has 3 heterocycles. The Labute approximate surface area is 142 Å². The third kappa shape index (κ3) is 4.37. The lowest BCUT2D eigenvalue weighted by molar-refractivity contribution is -0.192. The van der Waals surface area contributed by atoms with Gasteiger partial charge < -0.3 is 20.7 Å². The number of hydrogen-bond donors (Lipinski definition) is 3. The van der Waals surface area contributed by atoms with Gasteiger partial charge in [0.25, 0.3) is 5.56 Å². The number of carbonyl (C=O) groups excluding carboxylic acids is 1. The largest absolute Gasteiger partial charge is 0.490 e. The Morgan fingerprint density at radius 2 is 2.08 bits per heavy atom. The van der Waals surface area contributed by atoms with E-state index in [1.165, 1.54) is 11.3 Å². The van der Waals surface area contributed by atoms with Crippen molar-refractivity contribution in [2.75, 3.05) is 6.54 Å². The zero-order valence-corrected chi connectivity index (χ0v) is 13.5. The molecule has 0 aromatic carbocycles. The second kappa shape index (κ2) is 7.23. The molecule has 3 rings (SSSR count). The SMILES string of the molecule is NC1CCN(Cc2csc3cc[nH]c(=O)c23)C1=O.O=C(O)C(F)(F)F. The number of fused-ring (bicyclic) bond motifs is 1. The van der Waals surface area contributed by atoms with E-state index in [2.05, 4.69) is 4.98 Å². The molecule has 136 valence electrons.